The van der Waals surface area contributed by atoms with E-state index in [2.05, 4.69) is 0 Å². The first kappa shape index (κ1) is 18.0. The monoisotopic (exact) mass is 359 g/mol. The molecule has 8 nitrogen and oxygen atoms in total. The molecule has 1 unspecified atom stereocenters. The first-order valence-corrected chi connectivity index (χ1v) is 8.85. The van der Waals surface area contributed by atoms with Gasteiger partial charge >= 0.3 is 11.9 Å². The molecule has 8 heteroatoms. The van der Waals surface area contributed by atoms with E-state index in [4.69, 9.17) is 5.73 Å². The van der Waals surface area contributed by atoms with Crippen LogP contribution in [0, 0.1) is 11.8 Å². The van der Waals surface area contributed by atoms with Crippen LogP contribution in [0.5, 0.6) is 0 Å². The summed E-state index contributed by atoms with van der Waals surface area (Å²) in [5.41, 5.74) is 5.86. The quantitative estimate of drug-likeness (QED) is 0.707. The third-order valence-electron chi connectivity index (χ3n) is 5.17. The fourth-order valence-electron chi connectivity index (χ4n) is 3.62. The first-order chi connectivity index (χ1) is 12.4. The zero-order chi connectivity index (χ0) is 18.8. The molecule has 0 spiro atoms. The molecule has 0 radical (unpaired) electrons. The van der Waals surface area contributed by atoms with Gasteiger partial charge in [-0.15, -0.1) is 0 Å². The molecule has 3 rings (SSSR count). The molecule has 0 bridgehead atoms. The molecule has 0 aromatic carbocycles. The summed E-state index contributed by atoms with van der Waals surface area (Å²) in [6, 6.07) is -0.468. The van der Waals surface area contributed by atoms with Crippen molar-refractivity contribution in [2.75, 3.05) is 26.2 Å². The number of amides is 5. The number of fused-ring (bicyclic) bond motifs is 1. The van der Waals surface area contributed by atoms with E-state index in [0.29, 0.717) is 31.6 Å². The summed E-state index contributed by atoms with van der Waals surface area (Å²) >= 11 is 0. The number of likely N-dealkylation sites (tertiary alicyclic amines) is 1. The van der Waals surface area contributed by atoms with Crippen LogP contribution in [0.2, 0.25) is 0 Å². The second kappa shape index (κ2) is 7.23. The Morgan fingerprint density at radius 1 is 1.23 bits per heavy atom. The normalized spacial score (nSPS) is 23.5. The highest BCUT2D eigenvalue weighted by Gasteiger charge is 2.46. The number of rotatable bonds is 4. The number of hydrogen-bond donors (Lipinski definition) is 1. The van der Waals surface area contributed by atoms with E-state index >= 15 is 0 Å². The van der Waals surface area contributed by atoms with Crippen LogP contribution in [0.25, 0.3) is 0 Å². The van der Waals surface area contributed by atoms with Gasteiger partial charge < -0.3 is 10.6 Å². The number of primary amides is 1. The topological polar surface area (TPSA) is 104 Å². The summed E-state index contributed by atoms with van der Waals surface area (Å²) in [7, 11) is 0. The molecule has 138 valence electrons. The Kier molecular flexibility index (Phi) is 5.01. The molecule has 1 atom stereocenters. The van der Waals surface area contributed by atoms with Gasteiger partial charge in [-0.05, 0) is 25.8 Å². The molecule has 3 aliphatic rings. The molecule has 0 aromatic heterocycles. The minimum Gasteiger partial charge on any atom is -0.369 e. The van der Waals surface area contributed by atoms with Crippen molar-refractivity contribution in [1.82, 2.24) is 9.80 Å². The SMILES string of the molecule is CCN1C(=O)C2C=CC=CC2=[N+](CC(=O)N2CCC(C(N)=O)CC2)C1=O. The smallest absolute Gasteiger partial charge is 0.369 e. The zero-order valence-corrected chi connectivity index (χ0v) is 14.8. The molecule has 26 heavy (non-hydrogen) atoms. The molecular formula is C18H23N4O4+. The molecule has 5 amide bonds. The number of urea groups is 1. The van der Waals surface area contributed by atoms with Crippen molar-refractivity contribution in [3.63, 3.8) is 0 Å². The van der Waals surface area contributed by atoms with Crippen molar-refractivity contribution in [3.8, 4) is 0 Å². The van der Waals surface area contributed by atoms with Crippen molar-refractivity contribution in [2.45, 2.75) is 19.8 Å². The van der Waals surface area contributed by atoms with Gasteiger partial charge in [0.15, 0.2) is 6.54 Å². The Labute approximate surface area is 151 Å². The highest BCUT2D eigenvalue weighted by Crippen LogP contribution is 2.21. The number of carbonyl (C=O) groups excluding carboxylic acids is 4. The second-order valence-corrected chi connectivity index (χ2v) is 6.66. The third kappa shape index (κ3) is 3.18. The van der Waals surface area contributed by atoms with Gasteiger partial charge in [-0.1, -0.05) is 18.2 Å². The predicted octanol–water partition coefficient (Wildman–Crippen LogP) is -0.112. The highest BCUT2D eigenvalue weighted by molar-refractivity contribution is 6.16. The number of piperidine rings is 1. The maximum Gasteiger partial charge on any atom is 0.501 e. The summed E-state index contributed by atoms with van der Waals surface area (Å²) in [4.78, 5) is 51.9. The second-order valence-electron chi connectivity index (χ2n) is 6.66. The summed E-state index contributed by atoms with van der Waals surface area (Å²) in [6.45, 7) is 2.76. The van der Waals surface area contributed by atoms with Crippen LogP contribution in [0.15, 0.2) is 24.3 Å². The number of hydrogen-bond acceptors (Lipinski definition) is 4. The van der Waals surface area contributed by atoms with Crippen molar-refractivity contribution < 1.29 is 23.8 Å². The number of allylic oxidation sites excluding steroid dienone is 3. The lowest BCUT2D eigenvalue weighted by molar-refractivity contribution is -0.429. The van der Waals surface area contributed by atoms with E-state index in [1.807, 2.05) is 0 Å². The maximum absolute atomic E-state index is 12.7. The number of imide groups is 1. The fraction of sp³-hybridized carbons (Fsp3) is 0.500. The Balaban J connectivity index is 1.79. The van der Waals surface area contributed by atoms with Gasteiger partial charge in [0.2, 0.25) is 5.91 Å². The molecule has 0 aromatic rings. The van der Waals surface area contributed by atoms with Crippen molar-refractivity contribution >= 4 is 29.5 Å². The van der Waals surface area contributed by atoms with Gasteiger partial charge in [0.25, 0.3) is 5.91 Å². The lowest BCUT2D eigenvalue weighted by Gasteiger charge is -2.31. The van der Waals surface area contributed by atoms with Gasteiger partial charge in [0.05, 0.1) is 6.54 Å². The number of carbonyl (C=O) groups is 4. The van der Waals surface area contributed by atoms with E-state index in [0.717, 1.165) is 0 Å². The summed E-state index contributed by atoms with van der Waals surface area (Å²) in [5.74, 6) is -1.53. The maximum atomic E-state index is 12.7. The van der Waals surface area contributed by atoms with E-state index in [1.54, 1.807) is 36.1 Å². The molecule has 1 aliphatic carbocycles. The van der Waals surface area contributed by atoms with E-state index in [9.17, 15) is 19.2 Å². The summed E-state index contributed by atoms with van der Waals surface area (Å²) < 4.78 is 1.39. The number of nitrogens with two attached hydrogens (primary N) is 1. The Morgan fingerprint density at radius 3 is 2.54 bits per heavy atom. The Hall–Kier alpha value is -2.77. The van der Waals surface area contributed by atoms with Crippen molar-refractivity contribution in [1.29, 1.82) is 0 Å². The van der Waals surface area contributed by atoms with E-state index < -0.39 is 11.9 Å². The third-order valence-corrected chi connectivity index (χ3v) is 5.17. The van der Waals surface area contributed by atoms with E-state index in [1.165, 1.54) is 9.48 Å². The molecular weight excluding hydrogens is 336 g/mol. The minimum absolute atomic E-state index is 0.117. The van der Waals surface area contributed by atoms with Crippen LogP contribution in [0.1, 0.15) is 19.8 Å². The highest BCUT2D eigenvalue weighted by atomic mass is 16.2. The van der Waals surface area contributed by atoms with Crippen molar-refractivity contribution in [2.24, 2.45) is 17.6 Å². The zero-order valence-electron chi connectivity index (χ0n) is 14.8. The van der Waals surface area contributed by atoms with Crippen molar-refractivity contribution in [3.05, 3.63) is 24.3 Å². The molecule has 2 N–H and O–H groups in total. The van der Waals surface area contributed by atoms with Crippen LogP contribution in [0.3, 0.4) is 0 Å². The minimum atomic E-state index is -0.536. The average Bonchev–Trinajstić information content (AvgIpc) is 2.65. The Morgan fingerprint density at radius 2 is 1.92 bits per heavy atom. The van der Waals surface area contributed by atoms with Gasteiger partial charge in [-0.2, -0.15) is 14.3 Å². The lowest BCUT2D eigenvalue weighted by Crippen LogP contribution is -2.56. The average molecular weight is 359 g/mol. The van der Waals surface area contributed by atoms with Crippen LogP contribution >= 0.6 is 0 Å². The van der Waals surface area contributed by atoms with Gasteiger partial charge in [-0.25, -0.2) is 4.79 Å². The molecule has 1 saturated heterocycles. The summed E-state index contributed by atoms with van der Waals surface area (Å²) in [6.07, 6.45) is 8.05. The predicted molar refractivity (Wildman–Crippen MR) is 93.2 cm³/mol. The molecule has 1 fully saturated rings. The number of nitrogens with zero attached hydrogens (tertiary/aromatic N) is 3. The fourth-order valence-corrected chi connectivity index (χ4v) is 3.62. The molecule has 2 heterocycles. The first-order valence-electron chi connectivity index (χ1n) is 8.85. The standard InChI is InChI=1S/C18H22N4O4/c1-2-21-17(25)13-5-3-4-6-14(13)22(18(21)26)11-15(23)20-9-7-12(8-10-20)16(19)24/h3-6,12-13H,2,7-11H2,1H3,(H-,19,24)/p+1. The van der Waals surface area contributed by atoms with Gasteiger partial charge in [0, 0.05) is 19.0 Å². The van der Waals surface area contributed by atoms with Gasteiger partial charge in [0.1, 0.15) is 11.6 Å². The van der Waals surface area contributed by atoms with Crippen LogP contribution in [0.4, 0.5) is 4.79 Å². The summed E-state index contributed by atoms with van der Waals surface area (Å²) in [5, 5.41) is 0. The van der Waals surface area contributed by atoms with Crippen LogP contribution in [-0.4, -0.2) is 70.0 Å². The molecule has 0 saturated carbocycles. The largest absolute Gasteiger partial charge is 0.501 e. The Bertz CT molecular complexity index is 744. The van der Waals surface area contributed by atoms with Crippen LogP contribution < -0.4 is 5.73 Å². The van der Waals surface area contributed by atoms with Gasteiger partial charge in [-0.3, -0.25) is 9.59 Å². The van der Waals surface area contributed by atoms with Crippen LogP contribution in [-0.2, 0) is 14.4 Å². The van der Waals surface area contributed by atoms with E-state index in [-0.39, 0.29) is 36.7 Å². The molecule has 2 aliphatic heterocycles. The lowest BCUT2D eigenvalue weighted by atomic mass is 9.94.